The molecule has 0 saturated carbocycles. The van der Waals surface area contributed by atoms with Crippen LogP contribution in [0.5, 0.6) is 0 Å². The number of nitrogens with zero attached hydrogens (tertiary/aromatic N) is 4. The zero-order valence-electron chi connectivity index (χ0n) is 25.1. The molecular weight excluding hydrogens is 512 g/mol. The van der Waals surface area contributed by atoms with E-state index in [-0.39, 0.29) is 0 Å². The number of rotatable bonds is 14. The highest BCUT2D eigenvalue weighted by atomic mass is 14.8. The van der Waals surface area contributed by atoms with E-state index in [9.17, 15) is 0 Å². The lowest BCUT2D eigenvalue weighted by molar-refractivity contribution is 0.667. The van der Waals surface area contributed by atoms with Gasteiger partial charge in [0, 0.05) is 0 Å². The summed E-state index contributed by atoms with van der Waals surface area (Å²) in [6, 6.07) is 21.6. The zero-order chi connectivity index (χ0) is 29.0. The third-order valence-corrected chi connectivity index (χ3v) is 7.73. The minimum absolute atomic E-state index is 0.817. The normalized spacial score (nSPS) is 11.9. The van der Waals surface area contributed by atoms with Crippen LogP contribution in [0.4, 0.5) is 0 Å². The molecule has 0 amide bonds. The number of fused-ring (bicyclic) bond motifs is 2. The number of hydrogen-bond donors (Lipinski definition) is 0. The first kappa shape index (κ1) is 29.3. The molecule has 4 nitrogen and oxygen atoms in total. The summed E-state index contributed by atoms with van der Waals surface area (Å²) in [5.74, 6) is 0. The molecule has 5 rings (SSSR count). The highest BCUT2D eigenvalue weighted by Crippen LogP contribution is 2.20. The van der Waals surface area contributed by atoms with Crippen molar-refractivity contribution in [1.29, 1.82) is 0 Å². The van der Waals surface area contributed by atoms with Crippen molar-refractivity contribution in [2.45, 2.75) is 78.1 Å². The van der Waals surface area contributed by atoms with Crippen LogP contribution in [0.15, 0.2) is 73.1 Å². The van der Waals surface area contributed by atoms with Crippen LogP contribution < -0.4 is 0 Å². The van der Waals surface area contributed by atoms with Gasteiger partial charge in [-0.2, -0.15) is 0 Å². The Morgan fingerprint density at radius 3 is 1.31 bits per heavy atom. The molecule has 0 aliphatic heterocycles. The molecule has 0 aliphatic rings. The van der Waals surface area contributed by atoms with E-state index in [0.29, 0.717) is 0 Å². The summed E-state index contributed by atoms with van der Waals surface area (Å²) >= 11 is 0. The molecule has 0 atom stereocenters. The number of benzene rings is 3. The van der Waals surface area contributed by atoms with Crippen molar-refractivity contribution in [2.75, 3.05) is 0 Å². The Balaban J connectivity index is 1.22. The third-order valence-electron chi connectivity index (χ3n) is 7.73. The smallest absolute Gasteiger partial charge is 0.0917 e. The van der Waals surface area contributed by atoms with Crippen LogP contribution in [-0.4, -0.2) is 19.9 Å². The predicted octanol–water partition coefficient (Wildman–Crippen LogP) is 10.2. The Labute approximate surface area is 250 Å². The summed E-state index contributed by atoms with van der Waals surface area (Å²) in [5.41, 5.74) is 10.1. The fourth-order valence-corrected chi connectivity index (χ4v) is 5.17. The summed E-state index contributed by atoms with van der Waals surface area (Å²) in [7, 11) is 0. The average molecular weight is 555 g/mol. The Morgan fingerprint density at radius 1 is 0.476 bits per heavy atom. The number of unbranched alkanes of at least 4 members (excludes halogenated alkanes) is 6. The Morgan fingerprint density at radius 2 is 0.905 bits per heavy atom. The topological polar surface area (TPSA) is 51.6 Å². The zero-order valence-corrected chi connectivity index (χ0v) is 25.1. The molecule has 2 aromatic heterocycles. The second kappa shape index (κ2) is 15.2. The molecule has 0 radical (unpaired) electrons. The molecule has 3 aromatic carbocycles. The molecule has 0 spiro atoms. The SMILES string of the molecule is CCCCCCc1ccc(C=Cc2cnc3cc4nc(C=Cc5ccc(CCCCCC)cc5)cnc4cc3n2)cc1. The highest BCUT2D eigenvalue weighted by Gasteiger charge is 2.05. The van der Waals surface area contributed by atoms with Crippen molar-refractivity contribution in [3.8, 4) is 0 Å². The first-order chi connectivity index (χ1) is 20.7. The fraction of sp³-hybridized carbons (Fsp3) is 0.316. The van der Waals surface area contributed by atoms with Crippen LogP contribution in [0.25, 0.3) is 46.4 Å². The summed E-state index contributed by atoms with van der Waals surface area (Å²) in [5, 5.41) is 0. The molecule has 4 heteroatoms. The molecule has 0 bridgehead atoms. The van der Waals surface area contributed by atoms with E-state index in [4.69, 9.17) is 9.97 Å². The molecule has 0 aliphatic carbocycles. The van der Waals surface area contributed by atoms with E-state index in [1.165, 1.54) is 62.5 Å². The van der Waals surface area contributed by atoms with Crippen LogP contribution in [0.3, 0.4) is 0 Å². The van der Waals surface area contributed by atoms with Crippen LogP contribution in [0.2, 0.25) is 0 Å². The molecule has 2 heterocycles. The van der Waals surface area contributed by atoms with Crippen LogP contribution in [0, 0.1) is 0 Å². The Kier molecular flexibility index (Phi) is 10.6. The number of aryl methyl sites for hydroxylation is 2. The van der Waals surface area contributed by atoms with Crippen molar-refractivity contribution in [3.05, 3.63) is 107 Å². The van der Waals surface area contributed by atoms with E-state index >= 15 is 0 Å². The Bertz CT molecular complexity index is 1510. The summed E-state index contributed by atoms with van der Waals surface area (Å²) in [4.78, 5) is 19.0. The largest absolute Gasteiger partial charge is 0.252 e. The lowest BCUT2D eigenvalue weighted by Gasteiger charge is -2.04. The molecule has 0 N–H and O–H groups in total. The number of aromatic nitrogens is 4. The van der Waals surface area contributed by atoms with Crippen LogP contribution in [-0.2, 0) is 12.8 Å². The van der Waals surface area contributed by atoms with E-state index in [0.717, 1.165) is 57.4 Å². The van der Waals surface area contributed by atoms with Gasteiger partial charge in [0.05, 0.1) is 45.8 Å². The fourth-order valence-electron chi connectivity index (χ4n) is 5.17. The average Bonchev–Trinajstić information content (AvgIpc) is 3.03. The third kappa shape index (κ3) is 8.42. The Hall–Kier alpha value is -4.18. The summed E-state index contributed by atoms with van der Waals surface area (Å²) in [6.45, 7) is 4.50. The maximum Gasteiger partial charge on any atom is 0.0917 e. The van der Waals surface area contributed by atoms with Gasteiger partial charge in [-0.1, -0.05) is 113 Å². The molecule has 42 heavy (non-hydrogen) atoms. The van der Waals surface area contributed by atoms with Crippen molar-refractivity contribution in [1.82, 2.24) is 19.9 Å². The molecule has 0 unspecified atom stereocenters. The van der Waals surface area contributed by atoms with Crippen LogP contribution in [0.1, 0.15) is 98.9 Å². The van der Waals surface area contributed by atoms with Gasteiger partial charge in [-0.15, -0.1) is 0 Å². The maximum absolute atomic E-state index is 4.82. The van der Waals surface area contributed by atoms with Crippen molar-refractivity contribution in [3.63, 3.8) is 0 Å². The molecular formula is C38H42N4. The van der Waals surface area contributed by atoms with E-state index in [1.807, 2.05) is 36.7 Å². The summed E-state index contributed by atoms with van der Waals surface area (Å²) in [6.07, 6.45) is 24.5. The van der Waals surface area contributed by atoms with Gasteiger partial charge in [0.2, 0.25) is 0 Å². The van der Waals surface area contributed by atoms with Gasteiger partial charge in [-0.3, -0.25) is 9.97 Å². The van der Waals surface area contributed by atoms with Crippen molar-refractivity contribution in [2.24, 2.45) is 0 Å². The van der Waals surface area contributed by atoms with E-state index in [2.05, 4.69) is 84.5 Å². The molecule has 0 fully saturated rings. The second-order valence-electron chi connectivity index (χ2n) is 11.2. The summed E-state index contributed by atoms with van der Waals surface area (Å²) < 4.78 is 0. The van der Waals surface area contributed by atoms with Gasteiger partial charge >= 0.3 is 0 Å². The quantitative estimate of drug-likeness (QED) is 0.101. The molecule has 0 saturated heterocycles. The van der Waals surface area contributed by atoms with Gasteiger partial charge in [-0.25, -0.2) is 9.97 Å². The van der Waals surface area contributed by atoms with Gasteiger partial charge < -0.3 is 0 Å². The first-order valence-corrected chi connectivity index (χ1v) is 15.7. The van der Waals surface area contributed by atoms with E-state index < -0.39 is 0 Å². The van der Waals surface area contributed by atoms with E-state index in [1.54, 1.807) is 0 Å². The second-order valence-corrected chi connectivity index (χ2v) is 11.2. The van der Waals surface area contributed by atoms with Gasteiger partial charge in [0.15, 0.2) is 0 Å². The minimum atomic E-state index is 0.817. The van der Waals surface area contributed by atoms with Gasteiger partial charge in [-0.05, 0) is 72.2 Å². The van der Waals surface area contributed by atoms with Crippen molar-refractivity contribution >= 4 is 46.4 Å². The maximum atomic E-state index is 4.82. The van der Waals surface area contributed by atoms with Gasteiger partial charge in [0.25, 0.3) is 0 Å². The molecule has 214 valence electrons. The monoisotopic (exact) mass is 554 g/mol. The molecule has 5 aromatic rings. The lowest BCUT2D eigenvalue weighted by Crippen LogP contribution is -1.92. The number of hydrogen-bond acceptors (Lipinski definition) is 4. The van der Waals surface area contributed by atoms with Crippen molar-refractivity contribution < 1.29 is 0 Å². The minimum Gasteiger partial charge on any atom is -0.252 e. The van der Waals surface area contributed by atoms with Gasteiger partial charge in [0.1, 0.15) is 0 Å². The standard InChI is InChI=1S/C38H42N4/c1-3-5-7-9-11-29-13-17-31(18-14-29)21-23-33-27-39-35-26-38-36(25-37(35)41-33)40-28-34(42-38)24-22-32-19-15-30(16-20-32)12-10-8-6-4-2/h13-28H,3-12H2,1-2H3. The highest BCUT2D eigenvalue weighted by molar-refractivity contribution is 5.91. The first-order valence-electron chi connectivity index (χ1n) is 15.7. The van der Waals surface area contributed by atoms with Crippen LogP contribution >= 0.6 is 0 Å². The lowest BCUT2D eigenvalue weighted by atomic mass is 10.0. The predicted molar refractivity (Wildman–Crippen MR) is 179 cm³/mol.